The van der Waals surface area contributed by atoms with E-state index >= 15 is 0 Å². The van der Waals surface area contributed by atoms with Crippen LogP contribution in [0.2, 0.25) is 0 Å². The number of hydrogen-bond acceptors (Lipinski definition) is 3. The van der Waals surface area contributed by atoms with Crippen molar-refractivity contribution in [3.05, 3.63) is 58.9 Å². The molecule has 1 heterocycles. The number of fused-ring (bicyclic) bond motifs is 1. The van der Waals surface area contributed by atoms with Crippen LogP contribution in [0.25, 0.3) is 0 Å². The first-order valence-electron chi connectivity index (χ1n) is 7.08. The van der Waals surface area contributed by atoms with Crippen LogP contribution in [0.4, 0.5) is 0 Å². The third-order valence-corrected chi connectivity index (χ3v) is 4.12. The number of nitrogens with zero attached hydrogens (tertiary/aromatic N) is 2. The van der Waals surface area contributed by atoms with Crippen molar-refractivity contribution in [2.24, 2.45) is 0 Å². The van der Waals surface area contributed by atoms with Crippen LogP contribution in [0, 0.1) is 6.92 Å². The second-order valence-corrected chi connectivity index (χ2v) is 5.59. The molecule has 1 aliphatic rings. The molecule has 20 heavy (non-hydrogen) atoms. The van der Waals surface area contributed by atoms with Crippen LogP contribution in [-0.2, 0) is 13.0 Å². The van der Waals surface area contributed by atoms with Crippen LogP contribution >= 0.6 is 0 Å². The number of pyridine rings is 1. The van der Waals surface area contributed by atoms with Crippen molar-refractivity contribution < 1.29 is 5.11 Å². The lowest BCUT2D eigenvalue weighted by atomic mass is 10.1. The highest BCUT2D eigenvalue weighted by Crippen LogP contribution is 2.35. The summed E-state index contributed by atoms with van der Waals surface area (Å²) in [5.41, 5.74) is 4.57. The van der Waals surface area contributed by atoms with Gasteiger partial charge in [-0.3, -0.25) is 9.88 Å². The van der Waals surface area contributed by atoms with E-state index in [2.05, 4.69) is 41.2 Å². The molecule has 0 saturated heterocycles. The first-order valence-corrected chi connectivity index (χ1v) is 7.08. The van der Waals surface area contributed by atoms with Gasteiger partial charge in [-0.25, -0.2) is 0 Å². The second kappa shape index (κ2) is 5.25. The molecule has 0 bridgehead atoms. The van der Waals surface area contributed by atoms with Gasteiger partial charge in [-0.1, -0.05) is 24.3 Å². The number of aromatic hydroxyl groups is 1. The molecule has 1 atom stereocenters. The van der Waals surface area contributed by atoms with Crippen molar-refractivity contribution in [3.63, 3.8) is 0 Å². The predicted molar refractivity (Wildman–Crippen MR) is 79.6 cm³/mol. The standard InChI is InChI=1S/C17H20N2O/c1-12-7-10-17(20)15(18-12)11-19(2)16-9-8-13-5-3-4-6-14(13)16/h3-7,10,16,20H,8-9,11H2,1-2H3. The van der Waals surface area contributed by atoms with Crippen molar-refractivity contribution in [1.29, 1.82) is 0 Å². The Morgan fingerprint density at radius 2 is 2.05 bits per heavy atom. The fourth-order valence-corrected chi connectivity index (χ4v) is 3.06. The quantitative estimate of drug-likeness (QED) is 0.928. The average molecular weight is 268 g/mol. The van der Waals surface area contributed by atoms with Crippen molar-refractivity contribution in [2.75, 3.05) is 7.05 Å². The zero-order valence-electron chi connectivity index (χ0n) is 12.0. The summed E-state index contributed by atoms with van der Waals surface area (Å²) in [6, 6.07) is 12.6. The monoisotopic (exact) mass is 268 g/mol. The largest absolute Gasteiger partial charge is 0.506 e. The van der Waals surface area contributed by atoms with Gasteiger partial charge in [-0.2, -0.15) is 0 Å². The first kappa shape index (κ1) is 13.1. The van der Waals surface area contributed by atoms with E-state index in [4.69, 9.17) is 0 Å². The lowest BCUT2D eigenvalue weighted by molar-refractivity contribution is 0.230. The molecule has 1 aromatic carbocycles. The summed E-state index contributed by atoms with van der Waals surface area (Å²) in [7, 11) is 2.11. The molecule has 3 heteroatoms. The normalized spacial score (nSPS) is 17.4. The van der Waals surface area contributed by atoms with Gasteiger partial charge in [-0.15, -0.1) is 0 Å². The Morgan fingerprint density at radius 3 is 2.90 bits per heavy atom. The van der Waals surface area contributed by atoms with E-state index in [0.717, 1.165) is 24.2 Å². The van der Waals surface area contributed by atoms with Gasteiger partial charge in [0.1, 0.15) is 5.75 Å². The Hall–Kier alpha value is -1.87. The SMILES string of the molecule is Cc1ccc(O)c(CN(C)C2CCc3ccccc32)n1. The van der Waals surface area contributed by atoms with Crippen LogP contribution in [-0.4, -0.2) is 22.0 Å². The molecule has 1 aliphatic carbocycles. The Kier molecular flexibility index (Phi) is 3.45. The number of aryl methyl sites for hydroxylation is 2. The molecule has 1 N–H and O–H groups in total. The molecular weight excluding hydrogens is 248 g/mol. The molecule has 0 saturated carbocycles. The molecule has 3 nitrogen and oxygen atoms in total. The molecule has 0 radical (unpaired) electrons. The van der Waals surface area contributed by atoms with Gasteiger partial charge >= 0.3 is 0 Å². The number of aromatic nitrogens is 1. The Balaban J connectivity index is 1.81. The molecule has 2 aromatic rings. The smallest absolute Gasteiger partial charge is 0.138 e. The summed E-state index contributed by atoms with van der Waals surface area (Å²) in [6.07, 6.45) is 2.28. The van der Waals surface area contributed by atoms with Gasteiger partial charge in [-0.05, 0) is 50.1 Å². The van der Waals surface area contributed by atoms with Crippen molar-refractivity contribution in [3.8, 4) is 5.75 Å². The van der Waals surface area contributed by atoms with Gasteiger partial charge in [0.15, 0.2) is 0 Å². The zero-order valence-corrected chi connectivity index (χ0v) is 12.0. The van der Waals surface area contributed by atoms with Gasteiger partial charge < -0.3 is 5.11 Å². The summed E-state index contributed by atoms with van der Waals surface area (Å²) in [6.45, 7) is 2.63. The van der Waals surface area contributed by atoms with Crippen LogP contribution < -0.4 is 0 Å². The van der Waals surface area contributed by atoms with E-state index in [9.17, 15) is 5.11 Å². The van der Waals surface area contributed by atoms with Crippen LogP contribution in [0.15, 0.2) is 36.4 Å². The highest BCUT2D eigenvalue weighted by molar-refractivity contribution is 5.35. The minimum absolute atomic E-state index is 0.286. The highest BCUT2D eigenvalue weighted by Gasteiger charge is 2.26. The number of hydrogen-bond donors (Lipinski definition) is 1. The van der Waals surface area contributed by atoms with Gasteiger partial charge in [0.05, 0.1) is 5.69 Å². The molecule has 0 fully saturated rings. The Bertz CT molecular complexity index is 624. The third kappa shape index (κ3) is 2.41. The summed E-state index contributed by atoms with van der Waals surface area (Å²) in [5, 5.41) is 9.93. The molecular formula is C17H20N2O. The van der Waals surface area contributed by atoms with Crippen molar-refractivity contribution in [1.82, 2.24) is 9.88 Å². The van der Waals surface area contributed by atoms with Gasteiger partial charge in [0.2, 0.25) is 0 Å². The highest BCUT2D eigenvalue weighted by atomic mass is 16.3. The predicted octanol–water partition coefficient (Wildman–Crippen LogP) is 3.21. The van der Waals surface area contributed by atoms with E-state index in [1.807, 2.05) is 13.0 Å². The maximum atomic E-state index is 9.93. The summed E-state index contributed by atoms with van der Waals surface area (Å²) in [4.78, 5) is 6.73. The van der Waals surface area contributed by atoms with Crippen molar-refractivity contribution in [2.45, 2.75) is 32.4 Å². The summed E-state index contributed by atoms with van der Waals surface area (Å²) < 4.78 is 0. The first-order chi connectivity index (χ1) is 9.65. The van der Waals surface area contributed by atoms with E-state index in [0.29, 0.717) is 12.6 Å². The van der Waals surface area contributed by atoms with Gasteiger partial charge in [0, 0.05) is 18.3 Å². The Morgan fingerprint density at radius 1 is 1.25 bits per heavy atom. The van der Waals surface area contributed by atoms with Gasteiger partial charge in [0.25, 0.3) is 0 Å². The van der Waals surface area contributed by atoms with Crippen LogP contribution in [0.1, 0.15) is 35.0 Å². The van der Waals surface area contributed by atoms with E-state index in [1.165, 1.54) is 11.1 Å². The zero-order chi connectivity index (χ0) is 14.1. The maximum Gasteiger partial charge on any atom is 0.138 e. The third-order valence-electron chi connectivity index (χ3n) is 4.12. The molecule has 0 spiro atoms. The molecule has 3 rings (SSSR count). The lowest BCUT2D eigenvalue weighted by Crippen LogP contribution is -2.23. The molecule has 1 aromatic heterocycles. The molecule has 0 aliphatic heterocycles. The maximum absolute atomic E-state index is 9.93. The molecule has 1 unspecified atom stereocenters. The fourth-order valence-electron chi connectivity index (χ4n) is 3.06. The van der Waals surface area contributed by atoms with E-state index in [-0.39, 0.29) is 5.75 Å². The lowest BCUT2D eigenvalue weighted by Gasteiger charge is -2.25. The molecule has 0 amide bonds. The summed E-state index contributed by atoms with van der Waals surface area (Å²) in [5.74, 6) is 0.286. The number of rotatable bonds is 3. The minimum Gasteiger partial charge on any atom is -0.506 e. The summed E-state index contributed by atoms with van der Waals surface area (Å²) >= 11 is 0. The fraction of sp³-hybridized carbons (Fsp3) is 0.353. The van der Waals surface area contributed by atoms with E-state index in [1.54, 1.807) is 6.07 Å². The molecule has 104 valence electrons. The minimum atomic E-state index is 0.286. The van der Waals surface area contributed by atoms with E-state index < -0.39 is 0 Å². The number of benzene rings is 1. The Labute approximate surface area is 119 Å². The van der Waals surface area contributed by atoms with Crippen molar-refractivity contribution >= 4 is 0 Å². The topological polar surface area (TPSA) is 36.4 Å². The van der Waals surface area contributed by atoms with Crippen LogP contribution in [0.5, 0.6) is 5.75 Å². The van der Waals surface area contributed by atoms with Crippen LogP contribution in [0.3, 0.4) is 0 Å². The average Bonchev–Trinajstić information content (AvgIpc) is 2.87. The second-order valence-electron chi connectivity index (χ2n) is 5.59.